The van der Waals surface area contributed by atoms with Gasteiger partial charge in [0.2, 0.25) is 0 Å². The van der Waals surface area contributed by atoms with Crippen molar-refractivity contribution in [2.24, 2.45) is 0 Å². The van der Waals surface area contributed by atoms with Crippen LogP contribution in [-0.4, -0.2) is 6.71 Å². The predicted octanol–water partition coefficient (Wildman–Crippen LogP) is 3.84. The first-order chi connectivity index (χ1) is 5.83. The van der Waals surface area contributed by atoms with E-state index in [0.717, 1.165) is 6.71 Å². The molecule has 1 aromatic heterocycles. The summed E-state index contributed by atoms with van der Waals surface area (Å²) in [7, 11) is 0. The molecule has 0 radical (unpaired) electrons. The molecule has 0 unspecified atom stereocenters. The Morgan fingerprint density at radius 2 is 2.42 bits per heavy atom. The second-order valence-corrected chi connectivity index (χ2v) is 3.96. The van der Waals surface area contributed by atoms with E-state index in [2.05, 4.69) is 42.6 Å². The van der Waals surface area contributed by atoms with Gasteiger partial charge in [0, 0.05) is 0 Å². The first-order valence-electron chi connectivity index (χ1n) is 4.53. The van der Waals surface area contributed by atoms with E-state index in [4.69, 9.17) is 0 Å². The molecular formula is C10H15BS. The van der Waals surface area contributed by atoms with Gasteiger partial charge in [0.05, 0.1) is 0 Å². The second-order valence-electron chi connectivity index (χ2n) is 3.18. The minimum Gasteiger partial charge on any atom is -0.152 e. The summed E-state index contributed by atoms with van der Waals surface area (Å²) < 4.78 is 0. The molecule has 64 valence electrons. The molecule has 12 heavy (non-hydrogen) atoms. The fourth-order valence-electron chi connectivity index (χ4n) is 1.20. The van der Waals surface area contributed by atoms with Gasteiger partial charge in [-0.05, 0) is 22.4 Å². The summed E-state index contributed by atoms with van der Waals surface area (Å²) in [6.07, 6.45) is 4.78. The Bertz CT molecular complexity index is 226. The van der Waals surface area contributed by atoms with Crippen LogP contribution in [0.1, 0.15) is 18.9 Å². The van der Waals surface area contributed by atoms with Crippen LogP contribution in [0.2, 0.25) is 13.1 Å². The van der Waals surface area contributed by atoms with Crippen LogP contribution in [0.15, 0.2) is 22.8 Å². The molecular weight excluding hydrogens is 163 g/mol. The van der Waals surface area contributed by atoms with Crippen molar-refractivity contribution in [3.05, 3.63) is 28.4 Å². The highest BCUT2D eigenvalue weighted by molar-refractivity contribution is 7.08. The predicted molar refractivity (Wildman–Crippen MR) is 60.1 cm³/mol. The van der Waals surface area contributed by atoms with E-state index in [1.807, 2.05) is 0 Å². The largest absolute Gasteiger partial charge is 0.163 e. The molecule has 1 aromatic rings. The van der Waals surface area contributed by atoms with Crippen LogP contribution in [0, 0.1) is 0 Å². The lowest BCUT2D eigenvalue weighted by molar-refractivity contribution is 1.07. The summed E-state index contributed by atoms with van der Waals surface area (Å²) in [5, 5.41) is 4.29. The summed E-state index contributed by atoms with van der Waals surface area (Å²) in [5.41, 5.74) is 1.34. The lowest BCUT2D eigenvalue weighted by Crippen LogP contribution is -2.00. The molecule has 0 saturated carbocycles. The Morgan fingerprint density at radius 3 is 3.00 bits per heavy atom. The molecule has 0 N–H and O–H groups in total. The Morgan fingerprint density at radius 1 is 1.58 bits per heavy atom. The van der Waals surface area contributed by atoms with E-state index in [1.54, 1.807) is 11.3 Å². The highest BCUT2D eigenvalue weighted by atomic mass is 32.1. The van der Waals surface area contributed by atoms with E-state index in [-0.39, 0.29) is 0 Å². The summed E-state index contributed by atoms with van der Waals surface area (Å²) in [6.45, 7) is 5.22. The smallest absolute Gasteiger partial charge is 0.152 e. The van der Waals surface area contributed by atoms with Crippen molar-refractivity contribution in [1.82, 2.24) is 0 Å². The van der Waals surface area contributed by atoms with Gasteiger partial charge in [-0.15, -0.1) is 5.98 Å². The van der Waals surface area contributed by atoms with Crippen LogP contribution in [-0.2, 0) is 0 Å². The summed E-state index contributed by atoms with van der Waals surface area (Å²) >= 11 is 1.75. The minimum absolute atomic E-state index is 0.717. The molecule has 2 heteroatoms. The van der Waals surface area contributed by atoms with Crippen molar-refractivity contribution in [3.8, 4) is 0 Å². The number of hydrogen-bond donors (Lipinski definition) is 0. The van der Waals surface area contributed by atoms with Crippen molar-refractivity contribution in [1.29, 1.82) is 0 Å². The van der Waals surface area contributed by atoms with Gasteiger partial charge in [0.1, 0.15) is 0 Å². The van der Waals surface area contributed by atoms with Crippen molar-refractivity contribution in [2.45, 2.75) is 26.5 Å². The zero-order chi connectivity index (χ0) is 8.81. The van der Waals surface area contributed by atoms with E-state index in [1.165, 1.54) is 18.3 Å². The summed E-state index contributed by atoms with van der Waals surface area (Å²) in [6, 6.07) is 2.15. The van der Waals surface area contributed by atoms with Gasteiger partial charge < -0.3 is 0 Å². The average molecular weight is 178 g/mol. The van der Waals surface area contributed by atoms with Gasteiger partial charge in [-0.1, -0.05) is 32.6 Å². The van der Waals surface area contributed by atoms with E-state index < -0.39 is 0 Å². The van der Waals surface area contributed by atoms with Crippen molar-refractivity contribution in [2.75, 3.05) is 0 Å². The molecule has 0 bridgehead atoms. The Hall–Kier alpha value is -0.495. The number of rotatable bonds is 4. The van der Waals surface area contributed by atoms with Crippen LogP contribution in [0.5, 0.6) is 0 Å². The molecule has 0 nitrogen and oxygen atoms in total. The number of hydrogen-bond acceptors (Lipinski definition) is 1. The third-order valence-corrected chi connectivity index (χ3v) is 2.61. The lowest BCUT2D eigenvalue weighted by Gasteiger charge is -1.96. The molecule has 0 aliphatic heterocycles. The van der Waals surface area contributed by atoms with E-state index in [0.29, 0.717) is 0 Å². The van der Waals surface area contributed by atoms with Crippen molar-refractivity contribution < 1.29 is 0 Å². The quantitative estimate of drug-likeness (QED) is 0.614. The molecule has 1 heterocycles. The normalized spacial score (nSPS) is 10.8. The maximum absolute atomic E-state index is 2.30. The van der Waals surface area contributed by atoms with Crippen molar-refractivity contribution in [3.63, 3.8) is 0 Å². The summed E-state index contributed by atoms with van der Waals surface area (Å²) in [5.74, 6) is 2.30. The highest BCUT2D eigenvalue weighted by Gasteiger charge is 1.98. The average Bonchev–Trinajstić information content (AvgIpc) is 2.53. The third kappa shape index (κ3) is 3.27. The van der Waals surface area contributed by atoms with Gasteiger partial charge in [0.15, 0.2) is 6.71 Å². The fraction of sp³-hybridized carbons (Fsp3) is 0.400. The SMILES string of the molecule is CCCB(C)/C=C\c1ccsc1. The van der Waals surface area contributed by atoms with E-state index in [9.17, 15) is 0 Å². The lowest BCUT2D eigenvalue weighted by atomic mass is 9.49. The van der Waals surface area contributed by atoms with Gasteiger partial charge in [-0.25, -0.2) is 0 Å². The van der Waals surface area contributed by atoms with Gasteiger partial charge >= 0.3 is 0 Å². The van der Waals surface area contributed by atoms with Crippen LogP contribution >= 0.6 is 11.3 Å². The van der Waals surface area contributed by atoms with Crippen molar-refractivity contribution >= 4 is 24.1 Å². The van der Waals surface area contributed by atoms with Crippen LogP contribution < -0.4 is 0 Å². The molecule has 1 rings (SSSR count). The second kappa shape index (κ2) is 5.20. The monoisotopic (exact) mass is 178 g/mol. The highest BCUT2D eigenvalue weighted by Crippen LogP contribution is 2.09. The summed E-state index contributed by atoms with van der Waals surface area (Å²) in [4.78, 5) is 0. The Balaban J connectivity index is 2.40. The van der Waals surface area contributed by atoms with E-state index >= 15 is 0 Å². The molecule has 0 spiro atoms. The first-order valence-corrected chi connectivity index (χ1v) is 5.47. The van der Waals surface area contributed by atoms with Crippen LogP contribution in [0.25, 0.3) is 6.08 Å². The molecule has 0 amide bonds. The first kappa shape index (κ1) is 9.59. The maximum Gasteiger partial charge on any atom is 0.163 e. The van der Waals surface area contributed by atoms with Gasteiger partial charge in [0.25, 0.3) is 0 Å². The third-order valence-electron chi connectivity index (χ3n) is 1.90. The molecule has 0 aliphatic rings. The zero-order valence-corrected chi connectivity index (χ0v) is 8.60. The topological polar surface area (TPSA) is 0 Å². The van der Waals surface area contributed by atoms with Crippen LogP contribution in [0.4, 0.5) is 0 Å². The Kier molecular flexibility index (Phi) is 4.16. The Labute approximate surface area is 79.4 Å². The molecule has 0 fully saturated rings. The fourth-order valence-corrected chi connectivity index (χ4v) is 1.83. The minimum atomic E-state index is 0.717. The number of thiophene rings is 1. The standard InChI is InChI=1S/C10H15BS/c1-3-6-11(2)7-4-10-5-8-12-9-10/h4-5,7-9H,3,6H2,1-2H3/b7-4-. The molecule has 0 aromatic carbocycles. The van der Waals surface area contributed by atoms with Crippen LogP contribution in [0.3, 0.4) is 0 Å². The zero-order valence-electron chi connectivity index (χ0n) is 7.79. The molecule has 0 saturated heterocycles. The maximum atomic E-state index is 2.30. The van der Waals surface area contributed by atoms with Gasteiger partial charge in [-0.2, -0.15) is 11.3 Å². The van der Waals surface area contributed by atoms with Gasteiger partial charge in [-0.3, -0.25) is 0 Å². The molecule has 0 atom stereocenters. The molecule has 0 aliphatic carbocycles.